The van der Waals surface area contributed by atoms with Gasteiger partial charge in [0.15, 0.2) is 6.10 Å². The maximum absolute atomic E-state index is 11.2. The number of aliphatic carboxylic acids is 1. The van der Waals surface area contributed by atoms with Crippen molar-refractivity contribution >= 4 is 17.9 Å². The molecule has 0 aromatic rings. The number of likely N-dealkylation sites (N-methyl/N-ethyl adjacent to an activating group) is 1. The van der Waals surface area contributed by atoms with Crippen LogP contribution in [-0.2, 0) is 9.59 Å². The zero-order chi connectivity index (χ0) is 13.4. The van der Waals surface area contributed by atoms with E-state index in [1.165, 1.54) is 6.92 Å². The van der Waals surface area contributed by atoms with Gasteiger partial charge in [-0.15, -0.1) is 0 Å². The second-order valence-electron chi connectivity index (χ2n) is 3.32. The Balaban J connectivity index is 3.93. The Labute approximate surface area is 98.4 Å². The predicted molar refractivity (Wildman–Crippen MR) is 58.3 cm³/mol. The van der Waals surface area contributed by atoms with Crippen molar-refractivity contribution in [2.24, 2.45) is 0 Å². The number of aliphatic hydroxyl groups is 1. The summed E-state index contributed by atoms with van der Waals surface area (Å²) in [7, 11) is 0. The van der Waals surface area contributed by atoms with Crippen LogP contribution in [0.25, 0.3) is 0 Å². The van der Waals surface area contributed by atoms with Crippen LogP contribution < -0.4 is 16.0 Å². The van der Waals surface area contributed by atoms with Crippen LogP contribution >= 0.6 is 0 Å². The largest absolute Gasteiger partial charge is 0.479 e. The molecule has 3 amide bonds. The molecule has 1 unspecified atom stereocenters. The van der Waals surface area contributed by atoms with E-state index in [9.17, 15) is 14.4 Å². The zero-order valence-corrected chi connectivity index (χ0v) is 9.69. The van der Waals surface area contributed by atoms with Crippen LogP contribution in [0.1, 0.15) is 13.8 Å². The Morgan fingerprint density at radius 3 is 2.29 bits per heavy atom. The molecule has 0 rings (SSSR count). The standard InChI is InChI=1S/C9H17N3O5/c1-3-10-7(14)5(2)12-9(17)11-4-6(13)8(15)16/h5-6,13H,3-4H2,1-2H3,(H,10,14)(H,15,16)(H2,11,12,17)/t5?,6-/m0/s1. The maximum Gasteiger partial charge on any atom is 0.334 e. The summed E-state index contributed by atoms with van der Waals surface area (Å²) in [5.41, 5.74) is 0. The van der Waals surface area contributed by atoms with Crippen molar-refractivity contribution in [3.63, 3.8) is 0 Å². The van der Waals surface area contributed by atoms with Crippen LogP contribution in [0.3, 0.4) is 0 Å². The summed E-state index contributed by atoms with van der Waals surface area (Å²) >= 11 is 0. The first-order valence-corrected chi connectivity index (χ1v) is 5.11. The Morgan fingerprint density at radius 2 is 1.82 bits per heavy atom. The Bertz CT molecular complexity index is 294. The molecule has 0 bridgehead atoms. The average Bonchev–Trinajstić information content (AvgIpc) is 2.25. The number of carboxylic acid groups (broad SMARTS) is 1. The lowest BCUT2D eigenvalue weighted by Crippen LogP contribution is -2.50. The van der Waals surface area contributed by atoms with Crippen LogP contribution in [0, 0.1) is 0 Å². The van der Waals surface area contributed by atoms with Crippen LogP contribution in [0.15, 0.2) is 0 Å². The van der Waals surface area contributed by atoms with Crippen LogP contribution in [0.2, 0.25) is 0 Å². The lowest BCUT2D eigenvalue weighted by molar-refractivity contribution is -0.146. The fourth-order valence-electron chi connectivity index (χ4n) is 0.917. The summed E-state index contributed by atoms with van der Waals surface area (Å²) in [5.74, 6) is -1.77. The van der Waals surface area contributed by atoms with Crippen molar-refractivity contribution in [1.29, 1.82) is 0 Å². The first kappa shape index (κ1) is 15.2. The van der Waals surface area contributed by atoms with E-state index in [1.54, 1.807) is 6.92 Å². The molecule has 0 radical (unpaired) electrons. The van der Waals surface area contributed by atoms with Gasteiger partial charge in [0.25, 0.3) is 0 Å². The van der Waals surface area contributed by atoms with Gasteiger partial charge >= 0.3 is 12.0 Å². The molecule has 0 aromatic carbocycles. The number of hydrogen-bond donors (Lipinski definition) is 5. The average molecular weight is 247 g/mol. The van der Waals surface area contributed by atoms with E-state index < -0.39 is 30.7 Å². The molecule has 98 valence electrons. The monoisotopic (exact) mass is 247 g/mol. The number of rotatable bonds is 6. The van der Waals surface area contributed by atoms with E-state index >= 15 is 0 Å². The molecule has 0 aliphatic rings. The van der Waals surface area contributed by atoms with Gasteiger partial charge in [0.1, 0.15) is 6.04 Å². The minimum Gasteiger partial charge on any atom is -0.479 e. The van der Waals surface area contributed by atoms with Gasteiger partial charge in [-0.2, -0.15) is 0 Å². The van der Waals surface area contributed by atoms with Gasteiger partial charge < -0.3 is 26.2 Å². The molecule has 8 heteroatoms. The maximum atomic E-state index is 11.2. The molecule has 0 saturated heterocycles. The zero-order valence-electron chi connectivity index (χ0n) is 9.69. The minimum atomic E-state index is -1.67. The summed E-state index contributed by atoms with van der Waals surface area (Å²) < 4.78 is 0. The van der Waals surface area contributed by atoms with Crippen LogP contribution in [0.5, 0.6) is 0 Å². The third-order valence-corrected chi connectivity index (χ3v) is 1.83. The van der Waals surface area contributed by atoms with Gasteiger partial charge in [-0.3, -0.25) is 4.79 Å². The number of carbonyl (C=O) groups is 3. The van der Waals surface area contributed by atoms with E-state index in [-0.39, 0.29) is 5.91 Å². The van der Waals surface area contributed by atoms with Gasteiger partial charge in [0.2, 0.25) is 5.91 Å². The van der Waals surface area contributed by atoms with Gasteiger partial charge in [-0.05, 0) is 13.8 Å². The SMILES string of the molecule is CCNC(=O)C(C)NC(=O)NC[C@H](O)C(=O)O. The number of carboxylic acids is 1. The Hall–Kier alpha value is -1.83. The Morgan fingerprint density at radius 1 is 1.24 bits per heavy atom. The van der Waals surface area contributed by atoms with Crippen LogP contribution in [-0.4, -0.2) is 53.4 Å². The lowest BCUT2D eigenvalue weighted by atomic mass is 10.3. The smallest absolute Gasteiger partial charge is 0.334 e. The fraction of sp³-hybridized carbons (Fsp3) is 0.667. The number of urea groups is 1. The molecule has 0 aliphatic heterocycles. The number of amides is 3. The second-order valence-corrected chi connectivity index (χ2v) is 3.32. The highest BCUT2D eigenvalue weighted by atomic mass is 16.4. The molecule has 0 aliphatic carbocycles. The second kappa shape index (κ2) is 7.44. The Kier molecular flexibility index (Phi) is 6.64. The first-order chi connectivity index (χ1) is 7.88. The summed E-state index contributed by atoms with van der Waals surface area (Å²) in [4.78, 5) is 32.7. The van der Waals surface area contributed by atoms with E-state index in [2.05, 4.69) is 16.0 Å². The molecular weight excluding hydrogens is 230 g/mol. The normalized spacial score (nSPS) is 13.4. The number of nitrogens with one attached hydrogen (secondary N) is 3. The lowest BCUT2D eigenvalue weighted by Gasteiger charge is -2.14. The summed E-state index contributed by atoms with van der Waals surface area (Å²) in [5, 5.41) is 24.2. The van der Waals surface area contributed by atoms with E-state index in [0.29, 0.717) is 6.54 Å². The summed E-state index contributed by atoms with van der Waals surface area (Å²) in [6.07, 6.45) is -1.67. The third kappa shape index (κ3) is 6.36. The van der Waals surface area contributed by atoms with Crippen molar-refractivity contribution in [2.45, 2.75) is 26.0 Å². The van der Waals surface area contributed by atoms with E-state index in [0.717, 1.165) is 0 Å². The highest BCUT2D eigenvalue weighted by Crippen LogP contribution is 1.83. The molecule has 0 aromatic heterocycles. The van der Waals surface area contributed by atoms with Gasteiger partial charge in [-0.25, -0.2) is 9.59 Å². The van der Waals surface area contributed by atoms with E-state index in [1.807, 2.05) is 0 Å². The molecule has 0 spiro atoms. The minimum absolute atomic E-state index is 0.346. The molecule has 17 heavy (non-hydrogen) atoms. The number of carbonyl (C=O) groups excluding carboxylic acids is 2. The van der Waals surface area contributed by atoms with Gasteiger partial charge in [-0.1, -0.05) is 0 Å². The van der Waals surface area contributed by atoms with Crippen molar-refractivity contribution in [1.82, 2.24) is 16.0 Å². The number of hydrogen-bond acceptors (Lipinski definition) is 4. The number of aliphatic hydroxyl groups excluding tert-OH is 1. The van der Waals surface area contributed by atoms with Crippen molar-refractivity contribution in [2.75, 3.05) is 13.1 Å². The molecule has 0 fully saturated rings. The molecule has 2 atom stereocenters. The quantitative estimate of drug-likeness (QED) is 0.380. The summed E-state index contributed by atoms with van der Waals surface area (Å²) in [6.45, 7) is 3.25. The van der Waals surface area contributed by atoms with Gasteiger partial charge in [0.05, 0.1) is 6.54 Å². The molecule has 0 saturated carbocycles. The third-order valence-electron chi connectivity index (χ3n) is 1.83. The highest BCUT2D eigenvalue weighted by molar-refractivity contribution is 5.86. The van der Waals surface area contributed by atoms with Crippen molar-refractivity contribution in [3.05, 3.63) is 0 Å². The predicted octanol–water partition coefficient (Wildman–Crippen LogP) is -1.74. The first-order valence-electron chi connectivity index (χ1n) is 5.11. The molecule has 8 nitrogen and oxygen atoms in total. The fourth-order valence-corrected chi connectivity index (χ4v) is 0.917. The van der Waals surface area contributed by atoms with Gasteiger partial charge in [0, 0.05) is 6.54 Å². The molecule has 0 heterocycles. The molecule has 5 N–H and O–H groups in total. The highest BCUT2D eigenvalue weighted by Gasteiger charge is 2.17. The van der Waals surface area contributed by atoms with E-state index in [4.69, 9.17) is 10.2 Å². The van der Waals surface area contributed by atoms with Crippen molar-refractivity contribution in [3.8, 4) is 0 Å². The molecular formula is C9H17N3O5. The van der Waals surface area contributed by atoms with Crippen LogP contribution in [0.4, 0.5) is 4.79 Å². The topological polar surface area (TPSA) is 128 Å². The summed E-state index contributed by atoms with van der Waals surface area (Å²) in [6, 6.07) is -1.46. The van der Waals surface area contributed by atoms with Crippen molar-refractivity contribution < 1.29 is 24.6 Å².